The Kier molecular flexibility index (Phi) is 5.03. The van der Waals surface area contributed by atoms with Crippen molar-refractivity contribution in [3.8, 4) is 0 Å². The molecule has 0 saturated carbocycles. The molecule has 1 aromatic heterocycles. The molecule has 0 fully saturated rings. The summed E-state index contributed by atoms with van der Waals surface area (Å²) in [5.74, 6) is 0.758. The van der Waals surface area contributed by atoms with Crippen molar-refractivity contribution in [1.82, 2.24) is 4.98 Å². The molecular weight excluding hydrogens is 332 g/mol. The zero-order valence-corrected chi connectivity index (χ0v) is 14.4. The standard InChI is InChI=1S/C15H18N4O4S/c1-18(2)14-9-11(7-8-16-14)10-17-12-5-4-6-13(24(3,22)23)15(12)19(20)21/h4-9,17H,10H2,1-3H3. The lowest BCUT2D eigenvalue weighted by molar-refractivity contribution is -0.386. The molecule has 0 radical (unpaired) electrons. The van der Waals surface area contributed by atoms with Gasteiger partial charge in [-0.25, -0.2) is 13.4 Å². The molecule has 0 unspecified atom stereocenters. The second kappa shape index (κ2) is 6.83. The zero-order valence-electron chi connectivity index (χ0n) is 13.6. The largest absolute Gasteiger partial charge is 0.375 e. The van der Waals surface area contributed by atoms with E-state index in [2.05, 4.69) is 10.3 Å². The molecule has 1 aromatic carbocycles. The molecule has 1 N–H and O–H groups in total. The highest BCUT2D eigenvalue weighted by Gasteiger charge is 2.25. The Morgan fingerprint density at radius 3 is 2.58 bits per heavy atom. The Labute approximate surface area is 140 Å². The topological polar surface area (TPSA) is 105 Å². The third kappa shape index (κ3) is 3.99. The highest BCUT2D eigenvalue weighted by Crippen LogP contribution is 2.32. The number of sulfone groups is 1. The highest BCUT2D eigenvalue weighted by molar-refractivity contribution is 7.90. The lowest BCUT2D eigenvalue weighted by Crippen LogP contribution is -2.11. The van der Waals surface area contributed by atoms with Crippen molar-refractivity contribution in [2.75, 3.05) is 30.6 Å². The van der Waals surface area contributed by atoms with Crippen LogP contribution in [0.15, 0.2) is 41.4 Å². The monoisotopic (exact) mass is 350 g/mol. The number of pyridine rings is 1. The van der Waals surface area contributed by atoms with E-state index in [-0.39, 0.29) is 10.6 Å². The Morgan fingerprint density at radius 2 is 2.00 bits per heavy atom. The van der Waals surface area contributed by atoms with Crippen LogP contribution in [0, 0.1) is 10.1 Å². The van der Waals surface area contributed by atoms with Gasteiger partial charge in [-0.2, -0.15) is 0 Å². The number of nitro benzene ring substituents is 1. The summed E-state index contributed by atoms with van der Waals surface area (Å²) in [5, 5.41) is 14.3. The van der Waals surface area contributed by atoms with Crippen LogP contribution >= 0.6 is 0 Å². The molecule has 0 spiro atoms. The Morgan fingerprint density at radius 1 is 1.29 bits per heavy atom. The van der Waals surface area contributed by atoms with Gasteiger partial charge in [-0.1, -0.05) is 6.07 Å². The molecule has 8 nitrogen and oxygen atoms in total. The van der Waals surface area contributed by atoms with Crippen molar-refractivity contribution >= 4 is 27.0 Å². The van der Waals surface area contributed by atoms with Gasteiger partial charge in [0.15, 0.2) is 9.84 Å². The van der Waals surface area contributed by atoms with Crippen molar-refractivity contribution < 1.29 is 13.3 Å². The van der Waals surface area contributed by atoms with E-state index in [1.54, 1.807) is 12.3 Å². The fraction of sp³-hybridized carbons (Fsp3) is 0.267. The SMILES string of the molecule is CN(C)c1cc(CNc2cccc(S(C)(=O)=O)c2[N+](=O)[O-])ccn1. The molecule has 9 heteroatoms. The van der Waals surface area contributed by atoms with Gasteiger partial charge in [0.05, 0.1) is 4.92 Å². The van der Waals surface area contributed by atoms with E-state index < -0.39 is 20.4 Å². The van der Waals surface area contributed by atoms with Crippen LogP contribution in [0.2, 0.25) is 0 Å². The summed E-state index contributed by atoms with van der Waals surface area (Å²) in [6.07, 6.45) is 2.60. The molecule has 0 aliphatic carbocycles. The maximum Gasteiger partial charge on any atom is 0.310 e. The van der Waals surface area contributed by atoms with Gasteiger partial charge in [-0.15, -0.1) is 0 Å². The number of nitro groups is 1. The Balaban J connectivity index is 2.34. The number of aromatic nitrogens is 1. The van der Waals surface area contributed by atoms with Crippen LogP contribution < -0.4 is 10.2 Å². The van der Waals surface area contributed by atoms with Crippen molar-refractivity contribution in [3.63, 3.8) is 0 Å². The van der Waals surface area contributed by atoms with E-state index >= 15 is 0 Å². The fourth-order valence-electron chi connectivity index (χ4n) is 2.16. The molecule has 1 heterocycles. The Bertz CT molecular complexity index is 866. The van der Waals surface area contributed by atoms with Crippen molar-refractivity contribution in [2.24, 2.45) is 0 Å². The molecule has 0 aliphatic heterocycles. The minimum absolute atomic E-state index is 0.158. The van der Waals surface area contributed by atoms with Crippen LogP contribution in [0.3, 0.4) is 0 Å². The number of benzene rings is 1. The number of anilines is 2. The second-order valence-corrected chi connectivity index (χ2v) is 7.44. The first-order valence-electron chi connectivity index (χ1n) is 7.03. The number of rotatable bonds is 6. The summed E-state index contributed by atoms with van der Waals surface area (Å²) in [5.41, 5.74) is 0.584. The van der Waals surface area contributed by atoms with Crippen LogP contribution in [-0.4, -0.2) is 38.7 Å². The number of hydrogen-bond acceptors (Lipinski definition) is 7. The minimum atomic E-state index is -3.70. The van der Waals surface area contributed by atoms with Crippen LogP contribution in [0.4, 0.5) is 17.2 Å². The van der Waals surface area contributed by atoms with Crippen LogP contribution in [0.1, 0.15) is 5.56 Å². The molecule has 0 saturated heterocycles. The fourth-order valence-corrected chi connectivity index (χ4v) is 3.03. The van der Waals surface area contributed by atoms with E-state index in [0.717, 1.165) is 17.6 Å². The minimum Gasteiger partial charge on any atom is -0.375 e. The second-order valence-electron chi connectivity index (χ2n) is 5.45. The molecule has 0 atom stereocenters. The average Bonchev–Trinajstić information content (AvgIpc) is 2.51. The Hall–Kier alpha value is -2.68. The molecule has 0 amide bonds. The molecule has 0 aliphatic rings. The van der Waals surface area contributed by atoms with E-state index in [1.165, 1.54) is 18.2 Å². The van der Waals surface area contributed by atoms with E-state index in [9.17, 15) is 18.5 Å². The summed E-state index contributed by atoms with van der Waals surface area (Å²) in [7, 11) is 0.0219. The van der Waals surface area contributed by atoms with Crippen LogP contribution in [-0.2, 0) is 16.4 Å². The predicted molar refractivity (Wildman–Crippen MR) is 92.1 cm³/mol. The third-order valence-electron chi connectivity index (χ3n) is 3.33. The maximum atomic E-state index is 11.8. The van der Waals surface area contributed by atoms with Gasteiger partial charge < -0.3 is 10.2 Å². The first-order valence-corrected chi connectivity index (χ1v) is 8.93. The summed E-state index contributed by atoms with van der Waals surface area (Å²) < 4.78 is 23.5. The highest BCUT2D eigenvalue weighted by atomic mass is 32.2. The molecular formula is C15H18N4O4S. The van der Waals surface area contributed by atoms with Gasteiger partial charge >= 0.3 is 5.69 Å². The first-order chi connectivity index (χ1) is 11.2. The lowest BCUT2D eigenvalue weighted by Gasteiger charge is -2.13. The predicted octanol–water partition coefficient (Wildman–Crippen LogP) is 2.07. The number of hydrogen-bond donors (Lipinski definition) is 1. The van der Waals surface area contributed by atoms with Gasteiger partial charge in [0, 0.05) is 33.1 Å². The average molecular weight is 350 g/mol. The van der Waals surface area contributed by atoms with Crippen molar-refractivity contribution in [1.29, 1.82) is 0 Å². The molecule has 128 valence electrons. The third-order valence-corrected chi connectivity index (χ3v) is 4.46. The number of nitrogens with zero attached hydrogens (tertiary/aromatic N) is 3. The van der Waals surface area contributed by atoms with Gasteiger partial charge in [0.2, 0.25) is 0 Å². The maximum absolute atomic E-state index is 11.8. The van der Waals surface area contributed by atoms with Gasteiger partial charge in [0.1, 0.15) is 16.4 Å². The molecule has 0 bridgehead atoms. The van der Waals surface area contributed by atoms with Gasteiger partial charge in [0.25, 0.3) is 0 Å². The van der Waals surface area contributed by atoms with Crippen LogP contribution in [0.25, 0.3) is 0 Å². The quantitative estimate of drug-likeness (QED) is 0.628. The first kappa shape index (κ1) is 17.7. The van der Waals surface area contributed by atoms with Crippen LogP contribution in [0.5, 0.6) is 0 Å². The summed E-state index contributed by atoms with van der Waals surface area (Å²) in [6.45, 7) is 0.303. The van der Waals surface area contributed by atoms with Crippen molar-refractivity contribution in [3.05, 3.63) is 52.2 Å². The smallest absolute Gasteiger partial charge is 0.310 e. The number of para-hydroxylation sites is 1. The van der Waals surface area contributed by atoms with E-state index in [1.807, 2.05) is 25.1 Å². The summed E-state index contributed by atoms with van der Waals surface area (Å²) >= 11 is 0. The normalized spacial score (nSPS) is 11.1. The molecule has 2 aromatic rings. The van der Waals surface area contributed by atoms with Gasteiger partial charge in [-0.05, 0) is 29.8 Å². The lowest BCUT2D eigenvalue weighted by atomic mass is 10.2. The number of nitrogens with one attached hydrogen (secondary N) is 1. The van der Waals surface area contributed by atoms with Gasteiger partial charge in [-0.3, -0.25) is 10.1 Å². The van der Waals surface area contributed by atoms with E-state index in [4.69, 9.17) is 0 Å². The molecule has 2 rings (SSSR count). The molecule has 24 heavy (non-hydrogen) atoms. The zero-order chi connectivity index (χ0) is 17.9. The van der Waals surface area contributed by atoms with Crippen molar-refractivity contribution in [2.45, 2.75) is 11.4 Å². The van der Waals surface area contributed by atoms with E-state index in [0.29, 0.717) is 6.54 Å². The summed E-state index contributed by atoms with van der Waals surface area (Å²) in [4.78, 5) is 16.4. The summed E-state index contributed by atoms with van der Waals surface area (Å²) in [6, 6.07) is 7.82.